The number of anilines is 1. The third kappa shape index (κ3) is 3.96. The van der Waals surface area contributed by atoms with E-state index in [-0.39, 0.29) is 27.0 Å². The lowest BCUT2D eigenvalue weighted by atomic mass is 9.98. The lowest BCUT2D eigenvalue weighted by Gasteiger charge is -2.23. The molecule has 7 heteroatoms. The van der Waals surface area contributed by atoms with Crippen molar-refractivity contribution in [2.45, 2.75) is 50.0 Å². The molecule has 0 saturated heterocycles. The number of rotatable bonds is 3. The first-order valence-electron chi connectivity index (χ1n) is 7.08. The highest BCUT2D eigenvalue weighted by Crippen LogP contribution is 2.28. The van der Waals surface area contributed by atoms with E-state index in [0.29, 0.717) is 0 Å². The minimum atomic E-state index is -3.75. The van der Waals surface area contributed by atoms with Crippen LogP contribution in [0.25, 0.3) is 0 Å². The topological polar surface area (TPSA) is 72.2 Å². The molecular weight excluding hydrogens is 359 g/mol. The molecule has 1 aliphatic rings. The van der Waals surface area contributed by atoms with Crippen molar-refractivity contribution in [3.8, 4) is 0 Å². The Hall–Kier alpha value is -0.660. The van der Waals surface area contributed by atoms with E-state index in [1.807, 2.05) is 0 Å². The number of halogens is 2. The summed E-state index contributed by atoms with van der Waals surface area (Å²) in [7, 11) is -3.75. The summed E-state index contributed by atoms with van der Waals surface area (Å²) >= 11 is 3.00. The molecule has 0 amide bonds. The minimum Gasteiger partial charge on any atom is -0.398 e. The molecule has 0 spiro atoms. The maximum Gasteiger partial charge on any atom is 0.242 e. The molecule has 0 aromatic heterocycles. The summed E-state index contributed by atoms with van der Waals surface area (Å²) in [5.74, 6) is -0.290. The van der Waals surface area contributed by atoms with Crippen LogP contribution in [0, 0.1) is 11.7 Å². The quantitative estimate of drug-likeness (QED) is 0.625. The van der Waals surface area contributed by atoms with Crippen LogP contribution in [0.2, 0.25) is 0 Å². The molecule has 21 heavy (non-hydrogen) atoms. The molecule has 118 valence electrons. The summed E-state index contributed by atoms with van der Waals surface area (Å²) in [6.07, 6.45) is 5.11. The number of hydrogen-bond acceptors (Lipinski definition) is 3. The van der Waals surface area contributed by atoms with E-state index in [1.165, 1.54) is 6.07 Å². The first-order chi connectivity index (χ1) is 9.81. The van der Waals surface area contributed by atoms with Crippen LogP contribution in [0.4, 0.5) is 10.1 Å². The molecule has 0 aliphatic heterocycles. The molecular formula is C14H20BrFN2O2S. The number of nitrogens with one attached hydrogen (secondary N) is 1. The summed E-state index contributed by atoms with van der Waals surface area (Å²) in [6, 6.07) is 2.14. The standard InChI is InChI=1S/C14H20BrFN2O2S/c1-9-5-3-2-4-6-13(9)18-21(19,20)14-7-10(15)11(16)8-12(14)17/h7-9,13,18H,2-6,17H2,1H3. The molecule has 1 aromatic rings. The molecule has 0 bridgehead atoms. The third-order valence-electron chi connectivity index (χ3n) is 4.01. The van der Waals surface area contributed by atoms with Gasteiger partial charge in [-0.25, -0.2) is 17.5 Å². The number of hydrogen-bond donors (Lipinski definition) is 2. The van der Waals surface area contributed by atoms with E-state index in [1.54, 1.807) is 0 Å². The fourth-order valence-electron chi connectivity index (χ4n) is 2.71. The van der Waals surface area contributed by atoms with Gasteiger partial charge in [0.05, 0.1) is 10.2 Å². The Morgan fingerprint density at radius 2 is 1.95 bits per heavy atom. The van der Waals surface area contributed by atoms with Crippen LogP contribution < -0.4 is 10.5 Å². The van der Waals surface area contributed by atoms with Crippen molar-refractivity contribution in [2.24, 2.45) is 5.92 Å². The van der Waals surface area contributed by atoms with Gasteiger partial charge in [0, 0.05) is 6.04 Å². The Morgan fingerprint density at radius 3 is 2.67 bits per heavy atom. The van der Waals surface area contributed by atoms with Crippen LogP contribution in [-0.2, 0) is 10.0 Å². The second kappa shape index (κ2) is 6.62. The summed E-state index contributed by atoms with van der Waals surface area (Å²) < 4.78 is 41.2. The zero-order chi connectivity index (χ0) is 15.6. The Kier molecular flexibility index (Phi) is 5.27. The zero-order valence-corrected chi connectivity index (χ0v) is 14.3. The first-order valence-corrected chi connectivity index (χ1v) is 9.35. The van der Waals surface area contributed by atoms with Gasteiger partial charge in [-0.1, -0.05) is 26.2 Å². The molecule has 0 radical (unpaired) electrons. The number of nitrogen functional groups attached to an aromatic ring is 1. The zero-order valence-electron chi connectivity index (χ0n) is 11.9. The summed E-state index contributed by atoms with van der Waals surface area (Å²) in [5, 5.41) is 0. The largest absolute Gasteiger partial charge is 0.398 e. The Morgan fingerprint density at radius 1 is 1.29 bits per heavy atom. The minimum absolute atomic E-state index is 0.0766. The van der Waals surface area contributed by atoms with Crippen molar-refractivity contribution in [3.05, 3.63) is 22.4 Å². The molecule has 1 aromatic carbocycles. The van der Waals surface area contributed by atoms with Gasteiger partial charge in [0.2, 0.25) is 10.0 Å². The van der Waals surface area contributed by atoms with Crippen molar-refractivity contribution in [3.63, 3.8) is 0 Å². The second-order valence-corrected chi connectivity index (χ2v) is 8.18. The van der Waals surface area contributed by atoms with Gasteiger partial charge in [-0.3, -0.25) is 0 Å². The average molecular weight is 379 g/mol. The van der Waals surface area contributed by atoms with E-state index in [2.05, 4.69) is 27.6 Å². The van der Waals surface area contributed by atoms with Crippen LogP contribution in [-0.4, -0.2) is 14.5 Å². The molecule has 2 atom stereocenters. The monoisotopic (exact) mass is 378 g/mol. The molecule has 0 heterocycles. The van der Waals surface area contributed by atoms with Gasteiger partial charge in [0.25, 0.3) is 0 Å². The fourth-order valence-corrected chi connectivity index (χ4v) is 4.72. The number of benzene rings is 1. The van der Waals surface area contributed by atoms with Crippen molar-refractivity contribution in [2.75, 3.05) is 5.73 Å². The second-order valence-electron chi connectivity index (χ2n) is 5.65. The first kappa shape index (κ1) is 16.7. The number of nitrogens with two attached hydrogens (primary N) is 1. The highest BCUT2D eigenvalue weighted by Gasteiger charge is 2.27. The van der Waals surface area contributed by atoms with Crippen LogP contribution in [0.5, 0.6) is 0 Å². The fraction of sp³-hybridized carbons (Fsp3) is 0.571. The normalized spacial score (nSPS) is 23.8. The average Bonchev–Trinajstić information content (AvgIpc) is 2.59. The van der Waals surface area contributed by atoms with Crippen LogP contribution in [0.1, 0.15) is 39.0 Å². The Labute approximate surface area is 133 Å². The van der Waals surface area contributed by atoms with Crippen LogP contribution >= 0.6 is 15.9 Å². The molecule has 2 unspecified atom stereocenters. The van der Waals surface area contributed by atoms with Gasteiger partial charge >= 0.3 is 0 Å². The summed E-state index contributed by atoms with van der Waals surface area (Å²) in [5.41, 5.74) is 5.59. The van der Waals surface area contributed by atoms with Gasteiger partial charge < -0.3 is 5.73 Å². The van der Waals surface area contributed by atoms with Crippen molar-refractivity contribution in [1.29, 1.82) is 0 Å². The highest BCUT2D eigenvalue weighted by atomic mass is 79.9. The maximum absolute atomic E-state index is 13.4. The Bertz CT molecular complexity index is 622. The lowest BCUT2D eigenvalue weighted by Crippen LogP contribution is -2.39. The van der Waals surface area contributed by atoms with Crippen LogP contribution in [0.3, 0.4) is 0 Å². The van der Waals surface area contributed by atoms with Gasteiger partial charge in [-0.15, -0.1) is 0 Å². The van der Waals surface area contributed by atoms with E-state index < -0.39 is 15.8 Å². The van der Waals surface area contributed by atoms with Crippen molar-refractivity contribution in [1.82, 2.24) is 4.72 Å². The third-order valence-corrected chi connectivity index (χ3v) is 6.16. The van der Waals surface area contributed by atoms with E-state index in [9.17, 15) is 12.8 Å². The highest BCUT2D eigenvalue weighted by molar-refractivity contribution is 9.10. The summed E-state index contributed by atoms with van der Waals surface area (Å²) in [6.45, 7) is 2.06. The molecule has 2 rings (SSSR count). The smallest absolute Gasteiger partial charge is 0.242 e. The molecule has 1 aliphatic carbocycles. The van der Waals surface area contributed by atoms with Crippen LogP contribution in [0.15, 0.2) is 21.5 Å². The predicted molar refractivity (Wildman–Crippen MR) is 84.9 cm³/mol. The van der Waals surface area contributed by atoms with Gasteiger partial charge in [0.15, 0.2) is 0 Å². The van der Waals surface area contributed by atoms with E-state index >= 15 is 0 Å². The van der Waals surface area contributed by atoms with Crippen molar-refractivity contribution >= 4 is 31.6 Å². The Balaban J connectivity index is 2.27. The lowest BCUT2D eigenvalue weighted by molar-refractivity contribution is 0.399. The molecule has 1 saturated carbocycles. The van der Waals surface area contributed by atoms with Gasteiger partial charge in [0.1, 0.15) is 10.7 Å². The molecule has 4 nitrogen and oxygen atoms in total. The SMILES string of the molecule is CC1CCCCCC1NS(=O)(=O)c1cc(Br)c(F)cc1N. The van der Waals surface area contributed by atoms with E-state index in [4.69, 9.17) is 5.73 Å². The summed E-state index contributed by atoms with van der Waals surface area (Å²) in [4.78, 5) is -0.0766. The van der Waals surface area contributed by atoms with Crippen molar-refractivity contribution < 1.29 is 12.8 Å². The number of sulfonamides is 1. The molecule has 3 N–H and O–H groups in total. The molecule has 1 fully saturated rings. The van der Waals surface area contributed by atoms with Gasteiger partial charge in [-0.2, -0.15) is 0 Å². The maximum atomic E-state index is 13.4. The predicted octanol–water partition coefficient (Wildman–Crippen LogP) is 3.42. The van der Waals surface area contributed by atoms with Gasteiger partial charge in [-0.05, 0) is 46.8 Å². The van der Waals surface area contributed by atoms with E-state index in [0.717, 1.165) is 38.2 Å².